The van der Waals surface area contributed by atoms with Gasteiger partial charge in [-0.2, -0.15) is 11.3 Å². The molecule has 0 aliphatic rings. The normalized spacial score (nSPS) is 14.4. The van der Waals surface area contributed by atoms with Crippen LogP contribution < -0.4 is 10.6 Å². The summed E-state index contributed by atoms with van der Waals surface area (Å²) in [6, 6.07) is 0.0953. The van der Waals surface area contributed by atoms with Gasteiger partial charge < -0.3 is 10.6 Å². The van der Waals surface area contributed by atoms with Gasteiger partial charge in [-0.25, -0.2) is 0 Å². The van der Waals surface area contributed by atoms with Crippen molar-refractivity contribution in [3.05, 3.63) is 21.9 Å². The maximum absolute atomic E-state index is 11.8. The second-order valence-electron chi connectivity index (χ2n) is 4.50. The zero-order valence-corrected chi connectivity index (χ0v) is 11.9. The van der Waals surface area contributed by atoms with Crippen molar-refractivity contribution in [2.45, 2.75) is 52.7 Å². The molecule has 2 atom stereocenters. The molecule has 1 heterocycles. The van der Waals surface area contributed by atoms with Gasteiger partial charge in [-0.15, -0.1) is 0 Å². The summed E-state index contributed by atoms with van der Waals surface area (Å²) < 4.78 is 0. The number of carbonyl (C=O) groups is 1. The topological polar surface area (TPSA) is 41.1 Å². The first-order valence-corrected chi connectivity index (χ1v) is 7.04. The molecular weight excluding hydrogens is 232 g/mol. The number of carbonyl (C=O) groups excluding carboxylic acids is 1. The molecule has 17 heavy (non-hydrogen) atoms. The van der Waals surface area contributed by atoms with E-state index in [2.05, 4.69) is 35.2 Å². The lowest BCUT2D eigenvalue weighted by atomic mass is 10.2. The SMILES string of the molecule is CCC(C)NC(=O)C(C)NCc1cscc1C. The summed E-state index contributed by atoms with van der Waals surface area (Å²) in [4.78, 5) is 11.8. The summed E-state index contributed by atoms with van der Waals surface area (Å²) in [6.45, 7) is 8.84. The molecule has 0 aromatic carbocycles. The molecule has 4 heteroatoms. The van der Waals surface area contributed by atoms with Gasteiger partial charge in [-0.1, -0.05) is 6.92 Å². The fourth-order valence-electron chi connectivity index (χ4n) is 1.39. The highest BCUT2D eigenvalue weighted by molar-refractivity contribution is 7.08. The van der Waals surface area contributed by atoms with E-state index in [0.717, 1.165) is 13.0 Å². The minimum atomic E-state index is -0.150. The van der Waals surface area contributed by atoms with Crippen molar-refractivity contribution in [1.29, 1.82) is 0 Å². The summed E-state index contributed by atoms with van der Waals surface area (Å²) in [5, 5.41) is 10.5. The Morgan fingerprint density at radius 3 is 2.65 bits per heavy atom. The molecule has 3 nitrogen and oxygen atoms in total. The summed E-state index contributed by atoms with van der Waals surface area (Å²) >= 11 is 1.70. The largest absolute Gasteiger partial charge is 0.352 e. The van der Waals surface area contributed by atoms with Crippen LogP contribution in [0.15, 0.2) is 10.8 Å². The van der Waals surface area contributed by atoms with Crippen molar-refractivity contribution in [1.82, 2.24) is 10.6 Å². The van der Waals surface area contributed by atoms with Crippen LogP contribution in [0.2, 0.25) is 0 Å². The molecule has 0 radical (unpaired) electrons. The van der Waals surface area contributed by atoms with Crippen LogP contribution in [0.1, 0.15) is 38.3 Å². The summed E-state index contributed by atoms with van der Waals surface area (Å²) in [7, 11) is 0. The van der Waals surface area contributed by atoms with Crippen LogP contribution in [-0.4, -0.2) is 18.0 Å². The molecule has 96 valence electrons. The van der Waals surface area contributed by atoms with Crippen LogP contribution in [0.4, 0.5) is 0 Å². The maximum Gasteiger partial charge on any atom is 0.237 e. The number of thiophene rings is 1. The minimum absolute atomic E-state index is 0.0761. The molecule has 2 unspecified atom stereocenters. The van der Waals surface area contributed by atoms with Crippen LogP contribution in [0, 0.1) is 6.92 Å². The third kappa shape index (κ3) is 4.48. The highest BCUT2D eigenvalue weighted by Crippen LogP contribution is 2.13. The molecular formula is C13H22N2OS. The fraction of sp³-hybridized carbons (Fsp3) is 0.615. The first-order chi connectivity index (χ1) is 8.04. The predicted molar refractivity (Wildman–Crippen MR) is 73.3 cm³/mol. The molecule has 1 aromatic rings. The van der Waals surface area contributed by atoms with E-state index in [-0.39, 0.29) is 18.0 Å². The number of nitrogens with one attached hydrogen (secondary N) is 2. The van der Waals surface area contributed by atoms with E-state index < -0.39 is 0 Å². The van der Waals surface area contributed by atoms with Gasteiger partial charge in [0.05, 0.1) is 6.04 Å². The van der Waals surface area contributed by atoms with Gasteiger partial charge in [0.2, 0.25) is 5.91 Å². The third-order valence-corrected chi connectivity index (χ3v) is 3.86. The smallest absolute Gasteiger partial charge is 0.237 e. The second kappa shape index (κ2) is 6.77. The molecule has 0 fully saturated rings. The zero-order valence-electron chi connectivity index (χ0n) is 11.0. The van der Waals surface area contributed by atoms with Gasteiger partial charge in [0.25, 0.3) is 0 Å². The summed E-state index contributed by atoms with van der Waals surface area (Å²) in [5.74, 6) is 0.0761. The quantitative estimate of drug-likeness (QED) is 0.818. The van der Waals surface area contributed by atoms with Crippen LogP contribution in [0.25, 0.3) is 0 Å². The number of rotatable bonds is 6. The lowest BCUT2D eigenvalue weighted by Gasteiger charge is -2.17. The molecule has 0 saturated heterocycles. The van der Waals surface area contributed by atoms with Crippen molar-refractivity contribution >= 4 is 17.2 Å². The summed E-state index contributed by atoms with van der Waals surface area (Å²) in [5.41, 5.74) is 2.57. The van der Waals surface area contributed by atoms with Crippen LogP contribution in [-0.2, 0) is 11.3 Å². The first-order valence-electron chi connectivity index (χ1n) is 6.10. The Hall–Kier alpha value is -0.870. The number of aryl methyl sites for hydroxylation is 1. The predicted octanol–water partition coefficient (Wildman–Crippen LogP) is 2.45. The van der Waals surface area contributed by atoms with Gasteiger partial charge in [-0.3, -0.25) is 4.79 Å². The van der Waals surface area contributed by atoms with E-state index in [9.17, 15) is 4.79 Å². The van der Waals surface area contributed by atoms with Gasteiger partial charge in [0.1, 0.15) is 0 Å². The summed E-state index contributed by atoms with van der Waals surface area (Å²) in [6.07, 6.45) is 0.960. The minimum Gasteiger partial charge on any atom is -0.352 e. The van der Waals surface area contributed by atoms with E-state index in [1.54, 1.807) is 11.3 Å². The number of hydrogen-bond acceptors (Lipinski definition) is 3. The first kappa shape index (κ1) is 14.2. The van der Waals surface area contributed by atoms with Crippen molar-refractivity contribution < 1.29 is 4.79 Å². The van der Waals surface area contributed by atoms with E-state index in [1.165, 1.54) is 11.1 Å². The van der Waals surface area contributed by atoms with Crippen LogP contribution in [0.5, 0.6) is 0 Å². The number of hydrogen-bond donors (Lipinski definition) is 2. The average Bonchev–Trinajstić information content (AvgIpc) is 2.71. The molecule has 1 rings (SSSR count). The molecule has 0 spiro atoms. The maximum atomic E-state index is 11.8. The van der Waals surface area contributed by atoms with Crippen molar-refractivity contribution in [2.24, 2.45) is 0 Å². The Balaban J connectivity index is 2.36. The molecule has 1 amide bonds. The Labute approximate surface area is 108 Å². The van der Waals surface area contributed by atoms with E-state index in [4.69, 9.17) is 0 Å². The van der Waals surface area contributed by atoms with E-state index in [1.807, 2.05) is 13.8 Å². The average molecular weight is 254 g/mol. The van der Waals surface area contributed by atoms with Crippen molar-refractivity contribution in [3.8, 4) is 0 Å². The van der Waals surface area contributed by atoms with Gasteiger partial charge >= 0.3 is 0 Å². The molecule has 0 saturated carbocycles. The molecule has 0 bridgehead atoms. The van der Waals surface area contributed by atoms with Gasteiger partial charge in [0, 0.05) is 12.6 Å². The molecule has 2 N–H and O–H groups in total. The molecule has 1 aromatic heterocycles. The third-order valence-electron chi connectivity index (χ3n) is 2.95. The lowest BCUT2D eigenvalue weighted by molar-refractivity contribution is -0.123. The Kier molecular flexibility index (Phi) is 5.65. The van der Waals surface area contributed by atoms with Crippen molar-refractivity contribution in [3.63, 3.8) is 0 Å². The monoisotopic (exact) mass is 254 g/mol. The Morgan fingerprint density at radius 2 is 2.12 bits per heavy atom. The Bertz CT molecular complexity index is 362. The Morgan fingerprint density at radius 1 is 1.41 bits per heavy atom. The van der Waals surface area contributed by atoms with Crippen molar-refractivity contribution in [2.75, 3.05) is 0 Å². The van der Waals surface area contributed by atoms with E-state index in [0.29, 0.717) is 0 Å². The van der Waals surface area contributed by atoms with Crippen LogP contribution >= 0.6 is 11.3 Å². The molecule has 0 aliphatic heterocycles. The van der Waals surface area contributed by atoms with Crippen LogP contribution in [0.3, 0.4) is 0 Å². The van der Waals surface area contributed by atoms with Gasteiger partial charge in [-0.05, 0) is 49.1 Å². The fourth-order valence-corrected chi connectivity index (χ4v) is 2.25. The molecule has 0 aliphatic carbocycles. The van der Waals surface area contributed by atoms with E-state index >= 15 is 0 Å². The lowest BCUT2D eigenvalue weighted by Crippen LogP contribution is -2.45. The van der Waals surface area contributed by atoms with Gasteiger partial charge in [0.15, 0.2) is 0 Å². The second-order valence-corrected chi connectivity index (χ2v) is 5.24. The number of amides is 1. The highest BCUT2D eigenvalue weighted by Gasteiger charge is 2.14. The zero-order chi connectivity index (χ0) is 12.8. The standard InChI is InChI=1S/C13H22N2OS/c1-5-10(3)15-13(16)11(4)14-6-12-8-17-7-9(12)2/h7-8,10-11,14H,5-6H2,1-4H3,(H,15,16). The highest BCUT2D eigenvalue weighted by atomic mass is 32.1.